The Kier molecular flexibility index (Phi) is 3.69. The van der Waals surface area contributed by atoms with Gasteiger partial charge in [-0.05, 0) is 37.0 Å². The summed E-state index contributed by atoms with van der Waals surface area (Å²) >= 11 is 0. The number of aromatic nitrogens is 2. The van der Waals surface area contributed by atoms with Crippen LogP contribution in [0.4, 0.5) is 0 Å². The molecule has 0 amide bonds. The van der Waals surface area contributed by atoms with Crippen molar-refractivity contribution in [3.05, 3.63) is 41.6 Å². The van der Waals surface area contributed by atoms with E-state index >= 15 is 0 Å². The third-order valence-corrected chi connectivity index (χ3v) is 3.42. The summed E-state index contributed by atoms with van der Waals surface area (Å²) < 4.78 is 11.1. The second kappa shape index (κ2) is 5.63. The van der Waals surface area contributed by atoms with Crippen molar-refractivity contribution in [1.29, 1.82) is 0 Å². The minimum Gasteiger partial charge on any atom is -0.484 e. The molecule has 0 spiro atoms. The van der Waals surface area contributed by atoms with Crippen molar-refractivity contribution in [3.8, 4) is 5.75 Å². The van der Waals surface area contributed by atoms with Crippen molar-refractivity contribution in [2.75, 3.05) is 0 Å². The zero-order chi connectivity index (χ0) is 13.9. The van der Waals surface area contributed by atoms with Crippen molar-refractivity contribution >= 4 is 0 Å². The van der Waals surface area contributed by atoms with Crippen LogP contribution in [0.3, 0.4) is 0 Å². The lowest BCUT2D eigenvalue weighted by Crippen LogP contribution is -1.97. The van der Waals surface area contributed by atoms with E-state index in [0.29, 0.717) is 18.2 Å². The van der Waals surface area contributed by atoms with E-state index in [1.807, 2.05) is 31.2 Å². The fourth-order valence-corrected chi connectivity index (χ4v) is 1.99. The molecule has 1 unspecified atom stereocenters. The van der Waals surface area contributed by atoms with Gasteiger partial charge in [-0.1, -0.05) is 19.1 Å². The van der Waals surface area contributed by atoms with E-state index in [2.05, 4.69) is 10.2 Å². The lowest BCUT2D eigenvalue weighted by atomic mass is 10.1. The van der Waals surface area contributed by atoms with Gasteiger partial charge in [0.2, 0.25) is 5.89 Å². The van der Waals surface area contributed by atoms with Crippen molar-refractivity contribution in [1.82, 2.24) is 10.2 Å². The Balaban J connectivity index is 1.57. The molecule has 0 saturated heterocycles. The molecule has 1 atom stereocenters. The molecule has 1 aromatic carbocycles. The second-order valence-corrected chi connectivity index (χ2v) is 5.09. The van der Waals surface area contributed by atoms with E-state index < -0.39 is 6.10 Å². The molecule has 0 radical (unpaired) electrons. The Morgan fingerprint density at radius 1 is 1.30 bits per heavy atom. The van der Waals surface area contributed by atoms with Crippen LogP contribution in [0.25, 0.3) is 0 Å². The van der Waals surface area contributed by atoms with Gasteiger partial charge in [-0.2, -0.15) is 0 Å². The second-order valence-electron chi connectivity index (χ2n) is 5.09. The molecule has 1 heterocycles. The summed E-state index contributed by atoms with van der Waals surface area (Å²) in [5.41, 5.74) is 0.897. The van der Waals surface area contributed by atoms with Crippen molar-refractivity contribution in [3.63, 3.8) is 0 Å². The molecule has 0 aliphatic heterocycles. The zero-order valence-electron chi connectivity index (χ0n) is 11.5. The minimum atomic E-state index is -0.416. The number of nitrogens with zero attached hydrogens (tertiary/aromatic N) is 2. The zero-order valence-corrected chi connectivity index (χ0v) is 11.5. The molecule has 1 aromatic heterocycles. The van der Waals surface area contributed by atoms with Crippen LogP contribution < -0.4 is 4.74 Å². The summed E-state index contributed by atoms with van der Waals surface area (Å²) in [6.07, 6.45) is 2.57. The summed E-state index contributed by atoms with van der Waals surface area (Å²) in [5.74, 6) is 2.42. The molecular weight excluding hydrogens is 256 g/mol. The molecule has 5 nitrogen and oxygen atoms in total. The Morgan fingerprint density at radius 2 is 2.05 bits per heavy atom. The molecule has 1 saturated carbocycles. The maximum atomic E-state index is 9.71. The van der Waals surface area contributed by atoms with Gasteiger partial charge < -0.3 is 14.3 Å². The molecule has 1 fully saturated rings. The molecule has 1 aliphatic carbocycles. The SMILES string of the molecule is CCC(O)c1ccc(OCc2nnc(C3CC3)o2)cc1. The van der Waals surface area contributed by atoms with Gasteiger partial charge >= 0.3 is 0 Å². The molecule has 20 heavy (non-hydrogen) atoms. The van der Waals surface area contributed by atoms with Crippen LogP contribution in [0.1, 0.15) is 55.6 Å². The van der Waals surface area contributed by atoms with Crippen molar-refractivity contribution in [2.45, 2.75) is 44.8 Å². The predicted molar refractivity (Wildman–Crippen MR) is 72.3 cm³/mol. The maximum Gasteiger partial charge on any atom is 0.253 e. The Labute approximate surface area is 117 Å². The van der Waals surface area contributed by atoms with Gasteiger partial charge in [0.25, 0.3) is 5.89 Å². The molecule has 0 bridgehead atoms. The van der Waals surface area contributed by atoms with Crippen LogP contribution in [0, 0.1) is 0 Å². The number of rotatable bonds is 6. The van der Waals surface area contributed by atoms with Crippen molar-refractivity contribution in [2.24, 2.45) is 0 Å². The van der Waals surface area contributed by atoms with Gasteiger partial charge in [0.05, 0.1) is 6.10 Å². The van der Waals surface area contributed by atoms with E-state index in [-0.39, 0.29) is 6.61 Å². The Bertz CT molecular complexity index is 561. The largest absolute Gasteiger partial charge is 0.484 e. The first kappa shape index (κ1) is 13.1. The van der Waals surface area contributed by atoms with Gasteiger partial charge in [-0.25, -0.2) is 0 Å². The van der Waals surface area contributed by atoms with Crippen LogP contribution >= 0.6 is 0 Å². The lowest BCUT2D eigenvalue weighted by Gasteiger charge is -2.09. The number of hydrogen-bond donors (Lipinski definition) is 1. The van der Waals surface area contributed by atoms with Crippen LogP contribution in [-0.4, -0.2) is 15.3 Å². The minimum absolute atomic E-state index is 0.273. The lowest BCUT2D eigenvalue weighted by molar-refractivity contribution is 0.173. The van der Waals surface area contributed by atoms with Crippen LogP contribution in [-0.2, 0) is 6.61 Å². The van der Waals surface area contributed by atoms with Gasteiger partial charge in [0.1, 0.15) is 5.75 Å². The van der Waals surface area contributed by atoms with E-state index in [1.54, 1.807) is 0 Å². The summed E-state index contributed by atoms with van der Waals surface area (Å²) in [6.45, 7) is 2.22. The Morgan fingerprint density at radius 3 is 2.70 bits per heavy atom. The van der Waals surface area contributed by atoms with Gasteiger partial charge in [0.15, 0.2) is 6.61 Å². The molecule has 1 N–H and O–H groups in total. The first-order valence-corrected chi connectivity index (χ1v) is 6.99. The smallest absolute Gasteiger partial charge is 0.253 e. The standard InChI is InChI=1S/C15H18N2O3/c1-2-13(18)10-5-7-12(8-6-10)19-9-14-16-17-15(20-14)11-3-4-11/h5-8,11,13,18H,2-4,9H2,1H3. The Hall–Kier alpha value is -1.88. The highest BCUT2D eigenvalue weighted by molar-refractivity contribution is 5.28. The highest BCUT2D eigenvalue weighted by atomic mass is 16.5. The van der Waals surface area contributed by atoms with E-state index in [1.165, 1.54) is 0 Å². The quantitative estimate of drug-likeness (QED) is 0.877. The fraction of sp³-hybridized carbons (Fsp3) is 0.467. The molecular formula is C15H18N2O3. The number of ether oxygens (including phenoxy) is 1. The fourth-order valence-electron chi connectivity index (χ4n) is 1.99. The monoisotopic (exact) mass is 274 g/mol. The summed E-state index contributed by atoms with van der Waals surface area (Å²) in [4.78, 5) is 0. The topological polar surface area (TPSA) is 68.4 Å². The maximum absolute atomic E-state index is 9.71. The van der Waals surface area contributed by atoms with Crippen LogP contribution in [0.5, 0.6) is 5.75 Å². The molecule has 1 aliphatic rings. The summed E-state index contributed by atoms with van der Waals surface area (Å²) in [7, 11) is 0. The first-order valence-electron chi connectivity index (χ1n) is 6.99. The number of hydrogen-bond acceptors (Lipinski definition) is 5. The number of aliphatic hydroxyl groups excluding tert-OH is 1. The van der Waals surface area contributed by atoms with Gasteiger partial charge in [0, 0.05) is 5.92 Å². The van der Waals surface area contributed by atoms with Crippen LogP contribution in [0.2, 0.25) is 0 Å². The van der Waals surface area contributed by atoms with Crippen molar-refractivity contribution < 1.29 is 14.3 Å². The summed E-state index contributed by atoms with van der Waals surface area (Å²) in [6, 6.07) is 7.42. The molecule has 106 valence electrons. The van der Waals surface area contributed by atoms with Gasteiger partial charge in [-0.15, -0.1) is 10.2 Å². The average Bonchev–Trinajstić information content (AvgIpc) is 3.24. The van der Waals surface area contributed by atoms with E-state index in [0.717, 1.165) is 30.0 Å². The van der Waals surface area contributed by atoms with E-state index in [4.69, 9.17) is 9.15 Å². The predicted octanol–water partition coefficient (Wildman–Crippen LogP) is 2.97. The molecule has 3 rings (SSSR count). The van der Waals surface area contributed by atoms with Gasteiger partial charge in [-0.3, -0.25) is 0 Å². The highest BCUT2D eigenvalue weighted by Crippen LogP contribution is 2.39. The van der Waals surface area contributed by atoms with Crippen LogP contribution in [0.15, 0.2) is 28.7 Å². The summed E-state index contributed by atoms with van der Waals surface area (Å²) in [5, 5.41) is 17.7. The third kappa shape index (κ3) is 2.99. The normalized spacial score (nSPS) is 16.1. The highest BCUT2D eigenvalue weighted by Gasteiger charge is 2.29. The molecule has 5 heteroatoms. The number of benzene rings is 1. The molecule has 2 aromatic rings. The number of aliphatic hydroxyl groups is 1. The first-order chi connectivity index (χ1) is 9.76. The average molecular weight is 274 g/mol. The van der Waals surface area contributed by atoms with E-state index in [9.17, 15) is 5.11 Å². The third-order valence-electron chi connectivity index (χ3n) is 3.42.